The van der Waals surface area contributed by atoms with E-state index in [0.717, 1.165) is 0 Å². The Kier molecular flexibility index (Phi) is 4.23. The van der Waals surface area contributed by atoms with Gasteiger partial charge >= 0.3 is 5.97 Å². The van der Waals surface area contributed by atoms with Gasteiger partial charge in [0.25, 0.3) is 5.91 Å². The Morgan fingerprint density at radius 3 is 2.93 bits per heavy atom. The van der Waals surface area contributed by atoms with E-state index in [1.54, 1.807) is 12.4 Å². The maximum Gasteiger partial charge on any atom is 0.303 e. The Hall–Kier alpha value is -1.43. The first-order valence-corrected chi connectivity index (χ1v) is 5.36. The van der Waals surface area contributed by atoms with E-state index in [0.29, 0.717) is 11.4 Å². The molecule has 5 nitrogen and oxygen atoms in total. The van der Waals surface area contributed by atoms with Crippen molar-refractivity contribution in [2.75, 3.05) is 6.54 Å². The first-order chi connectivity index (χ1) is 7.09. The van der Waals surface area contributed by atoms with Crippen LogP contribution < -0.4 is 5.32 Å². The fraction of sp³-hybridized carbons (Fsp3) is 0.444. The van der Waals surface area contributed by atoms with Gasteiger partial charge in [0.1, 0.15) is 4.88 Å². The molecule has 1 aromatic rings. The fourth-order valence-corrected chi connectivity index (χ4v) is 1.59. The van der Waals surface area contributed by atoms with Crippen molar-refractivity contribution in [3.8, 4) is 0 Å². The molecule has 0 aliphatic rings. The molecule has 1 atom stereocenters. The van der Waals surface area contributed by atoms with E-state index in [-0.39, 0.29) is 18.2 Å². The molecule has 0 fully saturated rings. The number of hydrogen-bond acceptors (Lipinski definition) is 4. The van der Waals surface area contributed by atoms with E-state index in [1.165, 1.54) is 17.5 Å². The molecule has 82 valence electrons. The zero-order valence-corrected chi connectivity index (χ0v) is 9.08. The molecule has 1 heterocycles. The molecular weight excluding hydrogens is 216 g/mol. The Morgan fingerprint density at radius 1 is 1.67 bits per heavy atom. The van der Waals surface area contributed by atoms with Gasteiger partial charge in [0, 0.05) is 13.0 Å². The summed E-state index contributed by atoms with van der Waals surface area (Å²) in [7, 11) is 0. The molecule has 0 saturated carbocycles. The number of amides is 1. The van der Waals surface area contributed by atoms with Crippen LogP contribution in [-0.2, 0) is 4.79 Å². The third kappa shape index (κ3) is 4.07. The van der Waals surface area contributed by atoms with Crippen molar-refractivity contribution in [3.05, 3.63) is 16.6 Å². The fourth-order valence-electron chi connectivity index (χ4n) is 1.05. The van der Waals surface area contributed by atoms with Crippen LogP contribution in [0.2, 0.25) is 0 Å². The standard InChI is InChI=1S/C9H12N2O3S/c1-6(2-8(12)13)3-11-9(14)7-4-10-5-15-7/h4-6H,2-3H2,1H3,(H,11,14)(H,12,13). The molecule has 1 amide bonds. The van der Waals surface area contributed by atoms with Gasteiger partial charge in [-0.1, -0.05) is 6.92 Å². The number of carboxylic acids is 1. The molecule has 0 aliphatic carbocycles. The first kappa shape index (κ1) is 11.6. The molecule has 1 rings (SSSR count). The number of carbonyl (C=O) groups is 2. The van der Waals surface area contributed by atoms with Gasteiger partial charge in [-0.15, -0.1) is 11.3 Å². The van der Waals surface area contributed by atoms with Crippen LogP contribution in [0, 0.1) is 5.92 Å². The minimum absolute atomic E-state index is 0.0585. The number of carbonyl (C=O) groups excluding carboxylic acids is 1. The maximum absolute atomic E-state index is 11.4. The van der Waals surface area contributed by atoms with E-state index < -0.39 is 5.97 Å². The van der Waals surface area contributed by atoms with E-state index in [9.17, 15) is 9.59 Å². The molecule has 0 aromatic carbocycles. The van der Waals surface area contributed by atoms with Crippen molar-refractivity contribution in [1.29, 1.82) is 0 Å². The summed E-state index contributed by atoms with van der Waals surface area (Å²) in [6.45, 7) is 2.14. The zero-order chi connectivity index (χ0) is 11.3. The summed E-state index contributed by atoms with van der Waals surface area (Å²) < 4.78 is 0. The molecule has 6 heteroatoms. The lowest BCUT2D eigenvalue weighted by Crippen LogP contribution is -2.28. The molecule has 0 spiro atoms. The number of rotatable bonds is 5. The minimum atomic E-state index is -0.852. The van der Waals surface area contributed by atoms with Crippen LogP contribution in [0.25, 0.3) is 0 Å². The molecule has 0 saturated heterocycles. The number of nitrogens with zero attached hydrogens (tertiary/aromatic N) is 1. The second-order valence-electron chi connectivity index (χ2n) is 3.28. The van der Waals surface area contributed by atoms with Crippen molar-refractivity contribution < 1.29 is 14.7 Å². The molecule has 0 bridgehead atoms. The van der Waals surface area contributed by atoms with Gasteiger partial charge in [0.2, 0.25) is 0 Å². The predicted molar refractivity (Wildman–Crippen MR) is 55.9 cm³/mol. The zero-order valence-electron chi connectivity index (χ0n) is 8.27. The largest absolute Gasteiger partial charge is 0.481 e. The van der Waals surface area contributed by atoms with Crippen molar-refractivity contribution in [2.24, 2.45) is 5.92 Å². The van der Waals surface area contributed by atoms with Gasteiger partial charge < -0.3 is 10.4 Å². The highest BCUT2D eigenvalue weighted by atomic mass is 32.1. The molecule has 15 heavy (non-hydrogen) atoms. The third-order valence-corrected chi connectivity index (χ3v) is 2.56. The molecule has 2 N–H and O–H groups in total. The summed E-state index contributed by atoms with van der Waals surface area (Å²) in [5, 5.41) is 11.2. The van der Waals surface area contributed by atoms with E-state index in [4.69, 9.17) is 5.11 Å². The van der Waals surface area contributed by atoms with Crippen LogP contribution >= 0.6 is 11.3 Å². The minimum Gasteiger partial charge on any atom is -0.481 e. The van der Waals surface area contributed by atoms with Crippen molar-refractivity contribution in [1.82, 2.24) is 10.3 Å². The summed E-state index contributed by atoms with van der Waals surface area (Å²) in [6, 6.07) is 0. The predicted octanol–water partition coefficient (Wildman–Crippen LogP) is 0.984. The SMILES string of the molecule is CC(CNC(=O)c1cncs1)CC(=O)O. The number of aromatic nitrogens is 1. The van der Waals surface area contributed by atoms with Crippen LogP contribution in [0.4, 0.5) is 0 Å². The quantitative estimate of drug-likeness (QED) is 0.787. The lowest BCUT2D eigenvalue weighted by Gasteiger charge is -2.08. The maximum atomic E-state index is 11.4. The summed E-state index contributed by atoms with van der Waals surface area (Å²) >= 11 is 1.26. The molecule has 0 radical (unpaired) electrons. The summed E-state index contributed by atoms with van der Waals surface area (Å²) in [6.07, 6.45) is 1.55. The van der Waals surface area contributed by atoms with Crippen LogP contribution in [0.3, 0.4) is 0 Å². The van der Waals surface area contributed by atoms with Crippen LogP contribution in [0.15, 0.2) is 11.7 Å². The summed E-state index contributed by atoms with van der Waals surface area (Å²) in [5.41, 5.74) is 1.58. The lowest BCUT2D eigenvalue weighted by molar-refractivity contribution is -0.137. The Bertz CT molecular complexity index is 337. The van der Waals surface area contributed by atoms with Gasteiger partial charge in [-0.25, -0.2) is 0 Å². The summed E-state index contributed by atoms with van der Waals surface area (Å²) in [5.74, 6) is -1.12. The van der Waals surface area contributed by atoms with E-state index in [1.807, 2.05) is 0 Å². The average Bonchev–Trinajstić information content (AvgIpc) is 2.65. The third-order valence-electron chi connectivity index (χ3n) is 1.79. The Labute approximate surface area is 91.1 Å². The highest BCUT2D eigenvalue weighted by Gasteiger charge is 2.11. The smallest absolute Gasteiger partial charge is 0.303 e. The second kappa shape index (κ2) is 5.45. The average molecular weight is 228 g/mol. The first-order valence-electron chi connectivity index (χ1n) is 4.48. The highest BCUT2D eigenvalue weighted by molar-refractivity contribution is 7.11. The van der Waals surface area contributed by atoms with Gasteiger partial charge in [-0.05, 0) is 5.92 Å². The van der Waals surface area contributed by atoms with Gasteiger partial charge in [-0.3, -0.25) is 14.6 Å². The van der Waals surface area contributed by atoms with E-state index >= 15 is 0 Å². The van der Waals surface area contributed by atoms with Crippen LogP contribution in [0.1, 0.15) is 23.0 Å². The number of thiazole rings is 1. The number of hydrogen-bond donors (Lipinski definition) is 2. The van der Waals surface area contributed by atoms with Crippen LogP contribution in [-0.4, -0.2) is 28.5 Å². The van der Waals surface area contributed by atoms with Crippen LogP contribution in [0.5, 0.6) is 0 Å². The highest BCUT2D eigenvalue weighted by Crippen LogP contribution is 2.05. The van der Waals surface area contributed by atoms with Crippen molar-refractivity contribution in [3.63, 3.8) is 0 Å². The Balaban J connectivity index is 2.31. The van der Waals surface area contributed by atoms with E-state index in [2.05, 4.69) is 10.3 Å². The monoisotopic (exact) mass is 228 g/mol. The van der Waals surface area contributed by atoms with Gasteiger partial charge in [0.15, 0.2) is 0 Å². The molecule has 0 aliphatic heterocycles. The number of nitrogens with one attached hydrogen (secondary N) is 1. The molecule has 1 unspecified atom stereocenters. The van der Waals surface area contributed by atoms with Crippen molar-refractivity contribution in [2.45, 2.75) is 13.3 Å². The molecule has 1 aromatic heterocycles. The lowest BCUT2D eigenvalue weighted by atomic mass is 10.1. The second-order valence-corrected chi connectivity index (χ2v) is 4.17. The van der Waals surface area contributed by atoms with Gasteiger partial charge in [0.05, 0.1) is 11.7 Å². The normalized spacial score (nSPS) is 12.1. The topological polar surface area (TPSA) is 79.3 Å². The summed E-state index contributed by atoms with van der Waals surface area (Å²) in [4.78, 5) is 26.1. The Morgan fingerprint density at radius 2 is 2.40 bits per heavy atom. The number of aliphatic carboxylic acids is 1. The molecular formula is C9H12N2O3S. The van der Waals surface area contributed by atoms with Gasteiger partial charge in [-0.2, -0.15) is 0 Å². The van der Waals surface area contributed by atoms with Crippen molar-refractivity contribution >= 4 is 23.2 Å². The number of carboxylic acid groups (broad SMARTS) is 1.